The van der Waals surface area contributed by atoms with Gasteiger partial charge in [0.25, 0.3) is 0 Å². The second-order valence-electron chi connectivity index (χ2n) is 9.95. The number of carboxylic acids is 1. The summed E-state index contributed by atoms with van der Waals surface area (Å²) in [6.45, 7) is 4.42. The highest BCUT2D eigenvalue weighted by atomic mass is 16.5. The smallest absolute Gasteiger partial charge is 0.306 e. The zero-order chi connectivity index (χ0) is 24.4. The molecular weight excluding hydrogens is 412 g/mol. The molecule has 0 aromatic rings. The molecule has 196 valence electrons. The Hall–Kier alpha value is -1.06. The van der Waals surface area contributed by atoms with Crippen LogP contribution in [0.15, 0.2) is 0 Å². The van der Waals surface area contributed by atoms with Crippen molar-refractivity contribution in [3.63, 3.8) is 0 Å². The fraction of sp³-hybridized carbons (Fsp3) is 0.931. The number of rotatable bonds is 26. The van der Waals surface area contributed by atoms with Gasteiger partial charge in [0.15, 0.2) is 0 Å². The zero-order valence-electron chi connectivity index (χ0n) is 22.2. The summed E-state index contributed by atoms with van der Waals surface area (Å²) in [5.74, 6) is -0.690. The summed E-state index contributed by atoms with van der Waals surface area (Å²) in [7, 11) is 0. The van der Waals surface area contributed by atoms with Crippen molar-refractivity contribution >= 4 is 11.9 Å². The average molecular weight is 469 g/mol. The summed E-state index contributed by atoms with van der Waals surface area (Å²) >= 11 is 0. The van der Waals surface area contributed by atoms with Crippen molar-refractivity contribution in [2.45, 2.75) is 174 Å². The fourth-order valence-corrected chi connectivity index (χ4v) is 4.47. The van der Waals surface area contributed by atoms with Crippen LogP contribution in [0.5, 0.6) is 0 Å². The third-order valence-corrected chi connectivity index (χ3v) is 6.56. The summed E-state index contributed by atoms with van der Waals surface area (Å²) in [5, 5.41) is 8.64. The Morgan fingerprint density at radius 3 is 1.42 bits per heavy atom. The first-order valence-electron chi connectivity index (χ1n) is 14.5. The summed E-state index contributed by atoms with van der Waals surface area (Å²) in [4.78, 5) is 22.7. The lowest BCUT2D eigenvalue weighted by molar-refractivity contribution is -0.150. The van der Waals surface area contributed by atoms with E-state index in [1.165, 1.54) is 83.5 Å². The van der Waals surface area contributed by atoms with Crippen LogP contribution in [-0.2, 0) is 14.3 Å². The van der Waals surface area contributed by atoms with Gasteiger partial charge in [0.2, 0.25) is 0 Å². The van der Waals surface area contributed by atoms with Crippen molar-refractivity contribution < 1.29 is 19.4 Å². The Balaban J connectivity index is 3.58. The maximum Gasteiger partial charge on any atom is 0.306 e. The Morgan fingerprint density at radius 1 is 0.545 bits per heavy atom. The minimum absolute atomic E-state index is 0.000963. The SMILES string of the molecule is CCCCCCCCCCCCCCC(=O)OC(CCC)CCCCCCCCCC(=O)O. The van der Waals surface area contributed by atoms with Gasteiger partial charge in [-0.15, -0.1) is 0 Å². The van der Waals surface area contributed by atoms with Gasteiger partial charge in [-0.2, -0.15) is 0 Å². The summed E-state index contributed by atoms with van der Waals surface area (Å²) in [6, 6.07) is 0. The number of esters is 1. The second-order valence-corrected chi connectivity index (χ2v) is 9.95. The number of carbonyl (C=O) groups excluding carboxylic acids is 1. The molecule has 0 aliphatic rings. The van der Waals surface area contributed by atoms with Gasteiger partial charge in [-0.05, 0) is 32.1 Å². The summed E-state index contributed by atoms with van der Waals surface area (Å²) in [5.41, 5.74) is 0. The molecule has 0 aromatic heterocycles. The number of hydrogen-bond acceptors (Lipinski definition) is 3. The van der Waals surface area contributed by atoms with Gasteiger partial charge in [-0.1, -0.05) is 123 Å². The molecule has 0 bridgehead atoms. The first kappa shape index (κ1) is 31.9. The normalized spacial score (nSPS) is 12.1. The average Bonchev–Trinajstić information content (AvgIpc) is 2.78. The molecule has 1 unspecified atom stereocenters. The largest absolute Gasteiger partial charge is 0.481 e. The van der Waals surface area contributed by atoms with Gasteiger partial charge in [-0.25, -0.2) is 0 Å². The highest BCUT2D eigenvalue weighted by Gasteiger charge is 2.13. The number of aliphatic carboxylic acids is 1. The fourth-order valence-electron chi connectivity index (χ4n) is 4.47. The third-order valence-electron chi connectivity index (χ3n) is 6.56. The molecule has 0 saturated carbocycles. The number of carboxylic acid groups (broad SMARTS) is 1. The van der Waals surface area contributed by atoms with Crippen LogP contribution in [0.4, 0.5) is 0 Å². The maximum atomic E-state index is 12.2. The lowest BCUT2D eigenvalue weighted by Crippen LogP contribution is -2.18. The molecule has 0 heterocycles. The molecule has 0 radical (unpaired) electrons. The van der Waals surface area contributed by atoms with Gasteiger partial charge in [-0.3, -0.25) is 9.59 Å². The van der Waals surface area contributed by atoms with E-state index in [0.717, 1.165) is 57.8 Å². The van der Waals surface area contributed by atoms with Crippen LogP contribution in [-0.4, -0.2) is 23.1 Å². The number of ether oxygens (including phenoxy) is 1. The topological polar surface area (TPSA) is 63.6 Å². The van der Waals surface area contributed by atoms with E-state index < -0.39 is 5.97 Å². The molecule has 4 nitrogen and oxygen atoms in total. The molecule has 0 amide bonds. The van der Waals surface area contributed by atoms with Crippen molar-refractivity contribution in [3.05, 3.63) is 0 Å². The van der Waals surface area contributed by atoms with E-state index in [1.807, 2.05) is 0 Å². The quantitative estimate of drug-likeness (QED) is 0.101. The van der Waals surface area contributed by atoms with Crippen molar-refractivity contribution in [3.8, 4) is 0 Å². The van der Waals surface area contributed by atoms with Crippen LogP contribution in [0.25, 0.3) is 0 Å². The van der Waals surface area contributed by atoms with E-state index in [-0.39, 0.29) is 12.1 Å². The van der Waals surface area contributed by atoms with Crippen LogP contribution in [0.2, 0.25) is 0 Å². The molecular formula is C29H56O4. The summed E-state index contributed by atoms with van der Waals surface area (Å²) in [6.07, 6.45) is 27.3. The molecule has 0 rings (SSSR count). The third kappa shape index (κ3) is 25.4. The standard InChI is InChI=1S/C29H56O4/c1-3-5-6-7-8-9-10-11-12-16-19-22-26-29(32)33-27(23-4-2)24-20-17-14-13-15-18-21-25-28(30)31/h27H,3-26H2,1-2H3,(H,30,31). The van der Waals surface area contributed by atoms with Crippen molar-refractivity contribution in [1.82, 2.24) is 0 Å². The van der Waals surface area contributed by atoms with E-state index in [2.05, 4.69) is 13.8 Å². The van der Waals surface area contributed by atoms with E-state index in [4.69, 9.17) is 9.84 Å². The number of unbranched alkanes of at least 4 members (excludes halogenated alkanes) is 17. The van der Waals surface area contributed by atoms with Crippen LogP contribution in [0.3, 0.4) is 0 Å². The van der Waals surface area contributed by atoms with Crippen molar-refractivity contribution in [1.29, 1.82) is 0 Å². The monoisotopic (exact) mass is 468 g/mol. The molecule has 1 atom stereocenters. The maximum absolute atomic E-state index is 12.2. The molecule has 1 N–H and O–H groups in total. The molecule has 4 heteroatoms. The van der Waals surface area contributed by atoms with Gasteiger partial charge < -0.3 is 9.84 Å². The lowest BCUT2D eigenvalue weighted by atomic mass is 10.0. The van der Waals surface area contributed by atoms with Gasteiger partial charge in [0, 0.05) is 12.8 Å². The molecule has 33 heavy (non-hydrogen) atoms. The first-order chi connectivity index (χ1) is 16.1. The highest BCUT2D eigenvalue weighted by Crippen LogP contribution is 2.17. The molecule has 0 aromatic carbocycles. The van der Waals surface area contributed by atoms with E-state index in [0.29, 0.717) is 12.8 Å². The van der Waals surface area contributed by atoms with Crippen LogP contribution < -0.4 is 0 Å². The summed E-state index contributed by atoms with van der Waals surface area (Å²) < 4.78 is 5.78. The van der Waals surface area contributed by atoms with Crippen LogP contribution in [0.1, 0.15) is 168 Å². The Morgan fingerprint density at radius 2 is 0.970 bits per heavy atom. The molecule has 0 saturated heterocycles. The van der Waals surface area contributed by atoms with E-state index in [9.17, 15) is 9.59 Å². The van der Waals surface area contributed by atoms with Crippen molar-refractivity contribution in [2.24, 2.45) is 0 Å². The van der Waals surface area contributed by atoms with E-state index in [1.54, 1.807) is 0 Å². The molecule has 0 aliphatic carbocycles. The second kappa shape index (κ2) is 25.6. The number of carbonyl (C=O) groups is 2. The van der Waals surface area contributed by atoms with Gasteiger partial charge in [0.05, 0.1) is 0 Å². The minimum Gasteiger partial charge on any atom is -0.481 e. The predicted octanol–water partition coefficient (Wildman–Crippen LogP) is 9.39. The Bertz CT molecular complexity index is 435. The van der Waals surface area contributed by atoms with Crippen LogP contribution in [0, 0.1) is 0 Å². The van der Waals surface area contributed by atoms with Gasteiger partial charge >= 0.3 is 11.9 Å². The first-order valence-corrected chi connectivity index (χ1v) is 14.5. The van der Waals surface area contributed by atoms with Crippen molar-refractivity contribution in [2.75, 3.05) is 0 Å². The van der Waals surface area contributed by atoms with Crippen LogP contribution >= 0.6 is 0 Å². The molecule has 0 spiro atoms. The molecule has 0 aliphatic heterocycles. The molecule has 0 fully saturated rings. The number of hydrogen-bond donors (Lipinski definition) is 1. The van der Waals surface area contributed by atoms with E-state index >= 15 is 0 Å². The Labute approximate surface area is 205 Å². The predicted molar refractivity (Wildman–Crippen MR) is 140 cm³/mol. The Kier molecular flexibility index (Phi) is 24.7. The minimum atomic E-state index is -0.690. The van der Waals surface area contributed by atoms with Gasteiger partial charge in [0.1, 0.15) is 6.10 Å². The highest BCUT2D eigenvalue weighted by molar-refractivity contribution is 5.69. The zero-order valence-corrected chi connectivity index (χ0v) is 22.2. The lowest BCUT2D eigenvalue weighted by Gasteiger charge is -2.17.